The normalized spacial score (nSPS) is 8.62. The zero-order valence-electron chi connectivity index (χ0n) is 8.54. The van der Waals surface area contributed by atoms with E-state index < -0.39 is 23.1 Å². The third kappa shape index (κ3) is 4.20. The van der Waals surface area contributed by atoms with Gasteiger partial charge >= 0.3 is 59.1 Å². The quantitative estimate of drug-likeness (QED) is 0.504. The van der Waals surface area contributed by atoms with Gasteiger partial charge in [-0.15, -0.1) is 0 Å². The van der Waals surface area contributed by atoms with Crippen LogP contribution in [0.5, 0.6) is 0 Å². The number of hydrogen-bond donors (Lipinski definition) is 0. The van der Waals surface area contributed by atoms with Crippen LogP contribution in [0.25, 0.3) is 0 Å². The first-order valence-corrected chi connectivity index (χ1v) is 4.11. The molecule has 1 rings (SSSR count). The molecule has 0 amide bonds. The fourth-order valence-corrected chi connectivity index (χ4v) is 1.42. The smallest absolute Gasteiger partial charge is 0.545 e. The van der Waals surface area contributed by atoms with Crippen LogP contribution in [0.1, 0.15) is 20.7 Å². The van der Waals surface area contributed by atoms with Gasteiger partial charge in [-0.3, -0.25) is 0 Å². The van der Waals surface area contributed by atoms with E-state index in [1.807, 2.05) is 0 Å². The van der Waals surface area contributed by atoms with Crippen LogP contribution in [0.15, 0.2) is 12.1 Å². The van der Waals surface area contributed by atoms with Crippen molar-refractivity contribution in [1.29, 1.82) is 0 Å². The van der Waals surface area contributed by atoms with Crippen LogP contribution in [0.3, 0.4) is 0 Å². The van der Waals surface area contributed by atoms with Gasteiger partial charge in [-0.2, -0.15) is 0 Å². The summed E-state index contributed by atoms with van der Waals surface area (Å²) in [5, 5.41) is 20.6. The van der Waals surface area contributed by atoms with Gasteiger partial charge in [0.1, 0.15) is 0 Å². The van der Waals surface area contributed by atoms with Gasteiger partial charge in [-0.05, 0) is 12.1 Å². The van der Waals surface area contributed by atoms with Crippen LogP contribution < -0.4 is 69.3 Å². The maximum absolute atomic E-state index is 10.6. The number of carboxylic acid groups (broad SMARTS) is 2. The third-order valence-electron chi connectivity index (χ3n) is 1.51. The average molecular weight is 279 g/mol. The first-order valence-electron chi connectivity index (χ1n) is 3.36. The number of hydrogen-bond acceptors (Lipinski definition) is 4. The van der Waals surface area contributed by atoms with Gasteiger partial charge < -0.3 is 19.8 Å². The molecular formula is C8H2Cl2Na2O4. The van der Waals surface area contributed by atoms with Crippen molar-refractivity contribution in [2.45, 2.75) is 0 Å². The molecule has 0 aliphatic heterocycles. The molecule has 0 bridgehead atoms. The molecule has 1 aromatic rings. The second-order valence-electron chi connectivity index (χ2n) is 2.35. The molecule has 0 fully saturated rings. The monoisotopic (exact) mass is 278 g/mol. The minimum Gasteiger partial charge on any atom is -0.545 e. The number of carbonyl (C=O) groups excluding carboxylic acids is 2. The zero-order chi connectivity index (χ0) is 10.9. The molecular weight excluding hydrogens is 277 g/mol. The summed E-state index contributed by atoms with van der Waals surface area (Å²) in [4.78, 5) is 21.1. The first kappa shape index (κ1) is 19.1. The molecule has 16 heavy (non-hydrogen) atoms. The van der Waals surface area contributed by atoms with Crippen molar-refractivity contribution in [2.24, 2.45) is 0 Å². The maximum atomic E-state index is 10.6. The van der Waals surface area contributed by atoms with E-state index in [1.165, 1.54) is 12.1 Å². The van der Waals surface area contributed by atoms with Crippen molar-refractivity contribution in [1.82, 2.24) is 0 Å². The fraction of sp³-hybridized carbons (Fsp3) is 0. The van der Waals surface area contributed by atoms with Gasteiger partial charge in [0.05, 0.1) is 22.0 Å². The van der Waals surface area contributed by atoms with Crippen LogP contribution >= 0.6 is 23.2 Å². The Bertz CT molecular complexity index is 384. The Balaban J connectivity index is 0. The number of aromatic carboxylic acids is 2. The molecule has 0 atom stereocenters. The van der Waals surface area contributed by atoms with E-state index in [9.17, 15) is 19.8 Å². The van der Waals surface area contributed by atoms with Gasteiger partial charge in [0.15, 0.2) is 0 Å². The molecule has 0 unspecified atom stereocenters. The summed E-state index contributed by atoms with van der Waals surface area (Å²) in [5.41, 5.74) is -1.33. The molecule has 0 radical (unpaired) electrons. The fourth-order valence-electron chi connectivity index (χ4n) is 0.951. The van der Waals surface area contributed by atoms with Crippen molar-refractivity contribution >= 4 is 35.1 Å². The number of carboxylic acids is 2. The molecule has 1 aromatic carbocycles. The molecule has 0 spiro atoms. The van der Waals surface area contributed by atoms with E-state index >= 15 is 0 Å². The first-order chi connectivity index (χ1) is 6.45. The third-order valence-corrected chi connectivity index (χ3v) is 2.14. The Labute approximate surface area is 146 Å². The second-order valence-corrected chi connectivity index (χ2v) is 3.17. The predicted molar refractivity (Wildman–Crippen MR) is 45.1 cm³/mol. The second kappa shape index (κ2) is 7.95. The molecule has 74 valence electrons. The summed E-state index contributed by atoms with van der Waals surface area (Å²) in [6.45, 7) is 0. The maximum Gasteiger partial charge on any atom is 1.00 e. The topological polar surface area (TPSA) is 80.3 Å². The van der Waals surface area contributed by atoms with Crippen molar-refractivity contribution in [3.05, 3.63) is 33.3 Å². The number of benzene rings is 1. The van der Waals surface area contributed by atoms with Crippen molar-refractivity contribution in [2.75, 3.05) is 0 Å². The van der Waals surface area contributed by atoms with Crippen molar-refractivity contribution in [3.8, 4) is 0 Å². The molecule has 0 saturated carbocycles. The zero-order valence-corrected chi connectivity index (χ0v) is 14.1. The minimum atomic E-state index is -1.71. The van der Waals surface area contributed by atoms with Gasteiger partial charge in [0.2, 0.25) is 0 Å². The summed E-state index contributed by atoms with van der Waals surface area (Å²) in [6, 6.07) is 2.34. The van der Waals surface area contributed by atoms with Gasteiger partial charge in [-0.25, -0.2) is 0 Å². The van der Waals surface area contributed by atoms with Crippen LogP contribution in [-0.4, -0.2) is 11.9 Å². The molecule has 0 aliphatic carbocycles. The largest absolute Gasteiger partial charge is 1.00 e. The Morgan fingerprint density at radius 3 is 1.31 bits per heavy atom. The van der Waals surface area contributed by atoms with Gasteiger partial charge in [-0.1, -0.05) is 23.2 Å². The van der Waals surface area contributed by atoms with E-state index in [0.29, 0.717) is 0 Å². The Hall–Kier alpha value is 0.740. The van der Waals surface area contributed by atoms with E-state index in [2.05, 4.69) is 0 Å². The Kier molecular flexibility index (Phi) is 9.48. The van der Waals surface area contributed by atoms with E-state index in [0.717, 1.165) is 0 Å². The minimum absolute atomic E-state index is 0. The van der Waals surface area contributed by atoms with Gasteiger partial charge in [0.25, 0.3) is 0 Å². The number of halogens is 2. The van der Waals surface area contributed by atoms with Crippen LogP contribution in [0.4, 0.5) is 0 Å². The van der Waals surface area contributed by atoms with Crippen LogP contribution in [-0.2, 0) is 0 Å². The SMILES string of the molecule is O=C([O-])c1c(Cl)ccc(Cl)c1C(=O)[O-].[Na+].[Na+]. The van der Waals surface area contributed by atoms with E-state index in [4.69, 9.17) is 23.2 Å². The Morgan fingerprint density at radius 1 is 0.875 bits per heavy atom. The summed E-state index contributed by atoms with van der Waals surface area (Å²) in [5.74, 6) is -3.42. The van der Waals surface area contributed by atoms with E-state index in [1.54, 1.807) is 0 Å². The average Bonchev–Trinajstić information content (AvgIpc) is 2.07. The van der Waals surface area contributed by atoms with Crippen molar-refractivity contribution < 1.29 is 78.9 Å². The molecule has 0 heterocycles. The summed E-state index contributed by atoms with van der Waals surface area (Å²) < 4.78 is 0. The number of rotatable bonds is 2. The van der Waals surface area contributed by atoms with Crippen LogP contribution in [0.2, 0.25) is 10.0 Å². The van der Waals surface area contributed by atoms with Crippen LogP contribution in [0, 0.1) is 0 Å². The molecule has 0 saturated heterocycles. The van der Waals surface area contributed by atoms with Gasteiger partial charge in [0, 0.05) is 11.1 Å². The Morgan fingerprint density at radius 2 is 1.12 bits per heavy atom. The molecule has 0 N–H and O–H groups in total. The molecule has 0 aromatic heterocycles. The summed E-state index contributed by atoms with van der Waals surface area (Å²) in [7, 11) is 0. The van der Waals surface area contributed by atoms with Crippen molar-refractivity contribution in [3.63, 3.8) is 0 Å². The summed E-state index contributed by atoms with van der Waals surface area (Å²) >= 11 is 10.9. The molecule has 4 nitrogen and oxygen atoms in total. The van der Waals surface area contributed by atoms with E-state index in [-0.39, 0.29) is 69.2 Å². The summed E-state index contributed by atoms with van der Waals surface area (Å²) in [6.07, 6.45) is 0. The molecule has 0 aliphatic rings. The molecule has 8 heteroatoms. The number of carbonyl (C=O) groups is 2. The standard InChI is InChI=1S/C8H4Cl2O4.2Na/c9-3-1-2-4(10)6(8(13)14)5(3)7(11)12;;/h1-2H,(H,11,12)(H,13,14);;/q;2*+1/p-2. The predicted octanol–water partition coefficient (Wildman–Crippen LogP) is -6.27.